The second-order valence-corrected chi connectivity index (χ2v) is 3.36. The zero-order valence-corrected chi connectivity index (χ0v) is 8.57. The second-order valence-electron chi connectivity index (χ2n) is 3.36. The summed E-state index contributed by atoms with van der Waals surface area (Å²) < 4.78 is 0. The van der Waals surface area contributed by atoms with Gasteiger partial charge in [-0.05, 0) is 30.2 Å². The summed E-state index contributed by atoms with van der Waals surface area (Å²) in [6, 6.07) is 12.1. The van der Waals surface area contributed by atoms with Crippen molar-refractivity contribution in [3.63, 3.8) is 0 Å². The lowest BCUT2D eigenvalue weighted by molar-refractivity contribution is 1.23. The van der Waals surface area contributed by atoms with Crippen LogP contribution in [0.1, 0.15) is 5.56 Å². The normalized spacial score (nSPS) is 10.0. The van der Waals surface area contributed by atoms with Crippen molar-refractivity contribution in [2.45, 2.75) is 6.92 Å². The minimum Gasteiger partial charge on any atom is -0.308 e. The van der Waals surface area contributed by atoms with Gasteiger partial charge < -0.3 is 5.43 Å². The first-order chi connectivity index (χ1) is 7.33. The molecule has 0 aliphatic carbocycles. The van der Waals surface area contributed by atoms with E-state index in [1.807, 2.05) is 24.3 Å². The fraction of sp³-hybridized carbons (Fsp3) is 0.0833. The number of nitrogen functional groups attached to an aromatic ring is 1. The van der Waals surface area contributed by atoms with E-state index in [4.69, 9.17) is 5.84 Å². The quantitative estimate of drug-likeness (QED) is 0.576. The summed E-state index contributed by atoms with van der Waals surface area (Å²) in [5.41, 5.74) is 6.00. The number of benzene rings is 1. The molecule has 0 saturated heterocycles. The van der Waals surface area contributed by atoms with Crippen LogP contribution in [0.5, 0.6) is 0 Å². The highest BCUT2D eigenvalue weighted by molar-refractivity contribution is 5.76. The molecule has 3 nitrogen and oxygen atoms in total. The van der Waals surface area contributed by atoms with E-state index in [1.165, 1.54) is 5.56 Å². The Kier molecular flexibility index (Phi) is 2.65. The van der Waals surface area contributed by atoms with Crippen LogP contribution in [0.25, 0.3) is 11.1 Å². The summed E-state index contributed by atoms with van der Waals surface area (Å²) in [6.07, 6.45) is 1.72. The molecule has 3 heteroatoms. The third-order valence-electron chi connectivity index (χ3n) is 2.38. The van der Waals surface area contributed by atoms with E-state index in [9.17, 15) is 0 Å². The number of aryl methyl sites for hydroxylation is 1. The molecule has 0 aliphatic heterocycles. The van der Waals surface area contributed by atoms with Gasteiger partial charge in [-0.25, -0.2) is 10.8 Å². The van der Waals surface area contributed by atoms with Crippen molar-refractivity contribution in [2.24, 2.45) is 5.84 Å². The van der Waals surface area contributed by atoms with Crippen LogP contribution in [0.15, 0.2) is 42.6 Å². The number of nitrogens with zero attached hydrogens (tertiary/aromatic N) is 1. The number of hydrogen-bond donors (Lipinski definition) is 2. The standard InChI is InChI=1S/C12H13N3/c1-9-5-2-3-6-10(9)11-7-4-8-14-12(11)15-13/h2-8H,13H2,1H3,(H,14,15). The Labute approximate surface area is 88.9 Å². The van der Waals surface area contributed by atoms with Gasteiger partial charge in [0, 0.05) is 11.8 Å². The number of pyridine rings is 1. The van der Waals surface area contributed by atoms with E-state index < -0.39 is 0 Å². The average molecular weight is 199 g/mol. The number of aromatic nitrogens is 1. The second kappa shape index (κ2) is 4.11. The Bertz CT molecular complexity index is 466. The molecular weight excluding hydrogens is 186 g/mol. The van der Waals surface area contributed by atoms with Crippen LogP contribution in [0, 0.1) is 6.92 Å². The maximum Gasteiger partial charge on any atom is 0.147 e. The monoisotopic (exact) mass is 199 g/mol. The number of hydrazine groups is 1. The Balaban J connectivity index is 2.59. The SMILES string of the molecule is Cc1ccccc1-c1cccnc1NN. The van der Waals surface area contributed by atoms with Crippen molar-refractivity contribution in [2.75, 3.05) is 5.43 Å². The lowest BCUT2D eigenvalue weighted by atomic mass is 10.0. The molecule has 2 aromatic rings. The van der Waals surface area contributed by atoms with Gasteiger partial charge in [-0.3, -0.25) is 0 Å². The van der Waals surface area contributed by atoms with Gasteiger partial charge in [-0.15, -0.1) is 0 Å². The maximum atomic E-state index is 5.43. The fourth-order valence-corrected chi connectivity index (χ4v) is 1.61. The Morgan fingerprint density at radius 3 is 2.53 bits per heavy atom. The van der Waals surface area contributed by atoms with Gasteiger partial charge >= 0.3 is 0 Å². The summed E-state index contributed by atoms with van der Waals surface area (Å²) >= 11 is 0. The van der Waals surface area contributed by atoms with E-state index in [1.54, 1.807) is 6.20 Å². The van der Waals surface area contributed by atoms with Gasteiger partial charge in [-0.2, -0.15) is 0 Å². The van der Waals surface area contributed by atoms with Crippen molar-refractivity contribution in [3.8, 4) is 11.1 Å². The van der Waals surface area contributed by atoms with Crippen LogP contribution in [0.4, 0.5) is 5.82 Å². The third kappa shape index (κ3) is 1.82. The lowest BCUT2D eigenvalue weighted by Gasteiger charge is -2.09. The molecular formula is C12H13N3. The summed E-state index contributed by atoms with van der Waals surface area (Å²) in [5, 5.41) is 0. The highest BCUT2D eigenvalue weighted by Crippen LogP contribution is 2.27. The molecule has 0 spiro atoms. The van der Waals surface area contributed by atoms with Gasteiger partial charge in [0.15, 0.2) is 0 Å². The van der Waals surface area contributed by atoms with Crippen molar-refractivity contribution in [1.29, 1.82) is 0 Å². The zero-order valence-electron chi connectivity index (χ0n) is 8.57. The molecule has 15 heavy (non-hydrogen) atoms. The topological polar surface area (TPSA) is 50.9 Å². The Hall–Kier alpha value is -1.87. The first-order valence-electron chi connectivity index (χ1n) is 4.80. The lowest BCUT2D eigenvalue weighted by Crippen LogP contribution is -2.09. The summed E-state index contributed by atoms with van der Waals surface area (Å²) in [4.78, 5) is 4.18. The van der Waals surface area contributed by atoms with Crippen LogP contribution >= 0.6 is 0 Å². The third-order valence-corrected chi connectivity index (χ3v) is 2.38. The van der Waals surface area contributed by atoms with Crippen LogP contribution < -0.4 is 11.3 Å². The molecule has 0 aliphatic rings. The molecule has 3 N–H and O–H groups in total. The first kappa shape index (κ1) is 9.68. The van der Waals surface area contributed by atoms with Crippen molar-refractivity contribution in [1.82, 2.24) is 4.98 Å². The van der Waals surface area contributed by atoms with E-state index in [-0.39, 0.29) is 0 Å². The number of rotatable bonds is 2. The average Bonchev–Trinajstić information content (AvgIpc) is 2.30. The van der Waals surface area contributed by atoms with Gasteiger partial charge in [0.2, 0.25) is 0 Å². The van der Waals surface area contributed by atoms with E-state index in [2.05, 4.69) is 29.5 Å². The number of nitrogens with two attached hydrogens (primary N) is 1. The van der Waals surface area contributed by atoms with Gasteiger partial charge in [0.05, 0.1) is 0 Å². The molecule has 2 rings (SSSR count). The van der Waals surface area contributed by atoms with E-state index >= 15 is 0 Å². The molecule has 0 unspecified atom stereocenters. The molecule has 0 saturated carbocycles. The van der Waals surface area contributed by atoms with E-state index in [0.29, 0.717) is 5.82 Å². The molecule has 0 bridgehead atoms. The van der Waals surface area contributed by atoms with Gasteiger partial charge in [0.1, 0.15) is 5.82 Å². The Morgan fingerprint density at radius 2 is 1.80 bits per heavy atom. The van der Waals surface area contributed by atoms with Crippen molar-refractivity contribution < 1.29 is 0 Å². The smallest absolute Gasteiger partial charge is 0.147 e. The predicted octanol–water partition coefficient (Wildman–Crippen LogP) is 2.34. The molecule has 1 aromatic carbocycles. The van der Waals surface area contributed by atoms with Gasteiger partial charge in [0.25, 0.3) is 0 Å². The molecule has 1 aromatic heterocycles. The first-order valence-corrected chi connectivity index (χ1v) is 4.80. The van der Waals surface area contributed by atoms with Crippen LogP contribution in [0.3, 0.4) is 0 Å². The number of hydrogen-bond acceptors (Lipinski definition) is 3. The molecule has 0 atom stereocenters. The fourth-order valence-electron chi connectivity index (χ4n) is 1.61. The van der Waals surface area contributed by atoms with Crippen molar-refractivity contribution >= 4 is 5.82 Å². The highest BCUT2D eigenvalue weighted by atomic mass is 15.2. The maximum absolute atomic E-state index is 5.43. The molecule has 0 radical (unpaired) electrons. The molecule has 0 amide bonds. The summed E-state index contributed by atoms with van der Waals surface area (Å²) in [7, 11) is 0. The molecule has 76 valence electrons. The minimum atomic E-state index is 0.701. The van der Waals surface area contributed by atoms with Crippen LogP contribution in [-0.4, -0.2) is 4.98 Å². The van der Waals surface area contributed by atoms with Crippen molar-refractivity contribution in [3.05, 3.63) is 48.2 Å². The summed E-state index contributed by atoms with van der Waals surface area (Å²) in [6.45, 7) is 2.07. The van der Waals surface area contributed by atoms with Crippen LogP contribution in [-0.2, 0) is 0 Å². The molecule has 0 fully saturated rings. The number of anilines is 1. The predicted molar refractivity (Wildman–Crippen MR) is 62.2 cm³/mol. The zero-order chi connectivity index (χ0) is 10.7. The van der Waals surface area contributed by atoms with E-state index in [0.717, 1.165) is 11.1 Å². The highest BCUT2D eigenvalue weighted by Gasteiger charge is 2.05. The van der Waals surface area contributed by atoms with Crippen LogP contribution in [0.2, 0.25) is 0 Å². The Morgan fingerprint density at radius 1 is 1.07 bits per heavy atom. The molecule has 1 heterocycles. The largest absolute Gasteiger partial charge is 0.308 e. The minimum absolute atomic E-state index is 0.701. The summed E-state index contributed by atoms with van der Waals surface area (Å²) in [5.74, 6) is 6.13. The number of nitrogens with one attached hydrogen (secondary N) is 1. The van der Waals surface area contributed by atoms with Gasteiger partial charge in [-0.1, -0.05) is 24.3 Å².